The summed E-state index contributed by atoms with van der Waals surface area (Å²) in [4.78, 5) is 0. The Balaban J connectivity index is 1.67. The SMILES string of the molecule is Cc1cccc(OCCNCc2cccc(Cl)c2)c1. The minimum Gasteiger partial charge on any atom is -0.492 e. The maximum absolute atomic E-state index is 5.93. The third-order valence-corrected chi connectivity index (χ3v) is 2.99. The molecule has 0 aliphatic rings. The van der Waals surface area contributed by atoms with Crippen molar-refractivity contribution < 1.29 is 4.74 Å². The summed E-state index contributed by atoms with van der Waals surface area (Å²) >= 11 is 5.93. The maximum atomic E-state index is 5.93. The van der Waals surface area contributed by atoms with Crippen LogP contribution in [-0.4, -0.2) is 13.2 Å². The van der Waals surface area contributed by atoms with E-state index in [2.05, 4.69) is 24.4 Å². The second kappa shape index (κ2) is 7.17. The van der Waals surface area contributed by atoms with Crippen LogP contribution in [0.4, 0.5) is 0 Å². The molecular formula is C16H18ClNO. The van der Waals surface area contributed by atoms with Crippen molar-refractivity contribution in [2.45, 2.75) is 13.5 Å². The molecule has 0 heterocycles. The number of hydrogen-bond acceptors (Lipinski definition) is 2. The van der Waals surface area contributed by atoms with Crippen molar-refractivity contribution in [3.8, 4) is 5.75 Å². The quantitative estimate of drug-likeness (QED) is 0.810. The molecule has 0 radical (unpaired) electrons. The first-order valence-corrected chi connectivity index (χ1v) is 6.76. The van der Waals surface area contributed by atoms with Crippen LogP contribution in [0.25, 0.3) is 0 Å². The fourth-order valence-corrected chi connectivity index (χ4v) is 2.04. The van der Waals surface area contributed by atoms with Gasteiger partial charge in [-0.15, -0.1) is 0 Å². The molecule has 1 N–H and O–H groups in total. The van der Waals surface area contributed by atoms with Gasteiger partial charge >= 0.3 is 0 Å². The monoisotopic (exact) mass is 275 g/mol. The van der Waals surface area contributed by atoms with E-state index in [0.717, 1.165) is 23.9 Å². The van der Waals surface area contributed by atoms with Crippen molar-refractivity contribution in [3.05, 3.63) is 64.7 Å². The zero-order valence-corrected chi connectivity index (χ0v) is 11.8. The van der Waals surface area contributed by atoms with E-state index in [1.807, 2.05) is 36.4 Å². The lowest BCUT2D eigenvalue weighted by Crippen LogP contribution is -2.20. The van der Waals surface area contributed by atoms with Gasteiger partial charge in [0.15, 0.2) is 0 Å². The third kappa shape index (κ3) is 4.93. The summed E-state index contributed by atoms with van der Waals surface area (Å²) in [5, 5.41) is 4.10. The first kappa shape index (κ1) is 13.9. The molecule has 0 aliphatic carbocycles. The molecule has 3 heteroatoms. The highest BCUT2D eigenvalue weighted by molar-refractivity contribution is 6.30. The Morgan fingerprint density at radius 3 is 2.74 bits per heavy atom. The van der Waals surface area contributed by atoms with Crippen LogP contribution in [0, 0.1) is 6.92 Å². The summed E-state index contributed by atoms with van der Waals surface area (Å²) in [5.41, 5.74) is 2.40. The Labute approximate surface area is 119 Å². The van der Waals surface area contributed by atoms with Crippen LogP contribution in [0.1, 0.15) is 11.1 Å². The smallest absolute Gasteiger partial charge is 0.119 e. The zero-order valence-electron chi connectivity index (χ0n) is 11.0. The molecule has 0 fully saturated rings. The van der Waals surface area contributed by atoms with Crippen molar-refractivity contribution in [3.63, 3.8) is 0 Å². The summed E-state index contributed by atoms with van der Waals surface area (Å²) in [6.07, 6.45) is 0. The van der Waals surface area contributed by atoms with Gasteiger partial charge in [0, 0.05) is 18.1 Å². The van der Waals surface area contributed by atoms with Crippen LogP contribution < -0.4 is 10.1 Å². The third-order valence-electron chi connectivity index (χ3n) is 2.76. The van der Waals surface area contributed by atoms with Gasteiger partial charge in [0.1, 0.15) is 12.4 Å². The van der Waals surface area contributed by atoms with Gasteiger partial charge in [-0.2, -0.15) is 0 Å². The lowest BCUT2D eigenvalue weighted by Gasteiger charge is -2.08. The summed E-state index contributed by atoms with van der Waals surface area (Å²) in [6, 6.07) is 15.9. The second-order valence-electron chi connectivity index (χ2n) is 4.47. The molecule has 0 amide bonds. The van der Waals surface area contributed by atoms with Crippen LogP contribution in [0.2, 0.25) is 5.02 Å². The molecule has 2 aromatic rings. The molecule has 0 aromatic heterocycles. The number of halogens is 1. The second-order valence-corrected chi connectivity index (χ2v) is 4.91. The van der Waals surface area contributed by atoms with Gasteiger partial charge in [0.2, 0.25) is 0 Å². The van der Waals surface area contributed by atoms with Gasteiger partial charge in [-0.1, -0.05) is 35.9 Å². The Morgan fingerprint density at radius 2 is 1.95 bits per heavy atom. The summed E-state index contributed by atoms with van der Waals surface area (Å²) in [5.74, 6) is 0.921. The minimum atomic E-state index is 0.657. The van der Waals surface area contributed by atoms with E-state index in [4.69, 9.17) is 16.3 Å². The van der Waals surface area contributed by atoms with Crippen LogP contribution in [0.15, 0.2) is 48.5 Å². The van der Waals surface area contributed by atoms with Crippen LogP contribution in [-0.2, 0) is 6.54 Å². The van der Waals surface area contributed by atoms with Crippen LogP contribution >= 0.6 is 11.6 Å². The highest BCUT2D eigenvalue weighted by Crippen LogP contribution is 2.12. The number of rotatable bonds is 6. The molecule has 2 rings (SSSR count). The number of nitrogens with one attached hydrogen (secondary N) is 1. The Hall–Kier alpha value is -1.51. The molecule has 0 spiro atoms. The van der Waals surface area contributed by atoms with Crippen molar-refractivity contribution in [2.75, 3.05) is 13.2 Å². The average molecular weight is 276 g/mol. The number of aryl methyl sites for hydroxylation is 1. The van der Waals surface area contributed by atoms with Gasteiger partial charge in [0.25, 0.3) is 0 Å². The topological polar surface area (TPSA) is 21.3 Å². The molecule has 0 saturated heterocycles. The normalized spacial score (nSPS) is 10.4. The van der Waals surface area contributed by atoms with Gasteiger partial charge in [0.05, 0.1) is 0 Å². The van der Waals surface area contributed by atoms with E-state index >= 15 is 0 Å². The summed E-state index contributed by atoms with van der Waals surface area (Å²) in [6.45, 7) is 4.33. The van der Waals surface area contributed by atoms with E-state index in [-0.39, 0.29) is 0 Å². The molecule has 0 aliphatic heterocycles. The molecule has 19 heavy (non-hydrogen) atoms. The molecule has 0 unspecified atom stereocenters. The van der Waals surface area contributed by atoms with Crippen molar-refractivity contribution in [1.29, 1.82) is 0 Å². The van der Waals surface area contributed by atoms with E-state index < -0.39 is 0 Å². The lowest BCUT2D eigenvalue weighted by molar-refractivity contribution is 0.313. The molecule has 100 valence electrons. The minimum absolute atomic E-state index is 0.657. The summed E-state index contributed by atoms with van der Waals surface area (Å²) < 4.78 is 5.66. The largest absolute Gasteiger partial charge is 0.492 e. The molecule has 0 saturated carbocycles. The Kier molecular flexibility index (Phi) is 5.25. The fraction of sp³-hybridized carbons (Fsp3) is 0.250. The number of hydrogen-bond donors (Lipinski definition) is 1. The maximum Gasteiger partial charge on any atom is 0.119 e. The first-order chi connectivity index (χ1) is 9.24. The van der Waals surface area contributed by atoms with Gasteiger partial charge < -0.3 is 10.1 Å². The summed E-state index contributed by atoms with van der Waals surface area (Å²) in [7, 11) is 0. The van der Waals surface area contributed by atoms with Crippen molar-refractivity contribution in [2.24, 2.45) is 0 Å². The predicted molar refractivity (Wildman–Crippen MR) is 79.8 cm³/mol. The predicted octanol–water partition coefficient (Wildman–Crippen LogP) is 3.82. The number of ether oxygens (including phenoxy) is 1. The lowest BCUT2D eigenvalue weighted by atomic mass is 10.2. The molecule has 2 aromatic carbocycles. The molecule has 2 nitrogen and oxygen atoms in total. The van der Waals surface area contributed by atoms with E-state index in [1.54, 1.807) is 0 Å². The standard InChI is InChI=1S/C16H18ClNO/c1-13-4-2-7-16(10-13)19-9-8-18-12-14-5-3-6-15(17)11-14/h2-7,10-11,18H,8-9,12H2,1H3. The molecular weight excluding hydrogens is 258 g/mol. The van der Waals surface area contributed by atoms with E-state index in [1.165, 1.54) is 11.1 Å². The Bertz CT molecular complexity index is 480. The van der Waals surface area contributed by atoms with Gasteiger partial charge in [-0.3, -0.25) is 0 Å². The molecule has 0 bridgehead atoms. The molecule has 0 atom stereocenters. The zero-order chi connectivity index (χ0) is 13.5. The highest BCUT2D eigenvalue weighted by Gasteiger charge is 1.96. The van der Waals surface area contributed by atoms with Crippen LogP contribution in [0.3, 0.4) is 0 Å². The number of benzene rings is 2. The average Bonchev–Trinajstić information content (AvgIpc) is 2.38. The van der Waals surface area contributed by atoms with Crippen molar-refractivity contribution >= 4 is 11.6 Å². The first-order valence-electron chi connectivity index (χ1n) is 6.39. The highest BCUT2D eigenvalue weighted by atomic mass is 35.5. The van der Waals surface area contributed by atoms with Crippen LogP contribution in [0.5, 0.6) is 5.75 Å². The Morgan fingerprint density at radius 1 is 1.11 bits per heavy atom. The van der Waals surface area contributed by atoms with Crippen molar-refractivity contribution in [1.82, 2.24) is 5.32 Å². The van der Waals surface area contributed by atoms with Gasteiger partial charge in [-0.25, -0.2) is 0 Å². The van der Waals surface area contributed by atoms with E-state index in [0.29, 0.717) is 6.61 Å². The van der Waals surface area contributed by atoms with Gasteiger partial charge in [-0.05, 0) is 42.3 Å². The van der Waals surface area contributed by atoms with E-state index in [9.17, 15) is 0 Å². The fourth-order valence-electron chi connectivity index (χ4n) is 1.83.